The van der Waals surface area contributed by atoms with Crippen LogP contribution in [-0.2, 0) is 22.5 Å². The second-order valence-electron chi connectivity index (χ2n) is 10.3. The predicted molar refractivity (Wildman–Crippen MR) is 145 cm³/mol. The molecule has 0 saturated heterocycles. The van der Waals surface area contributed by atoms with Gasteiger partial charge in [0.25, 0.3) is 0 Å². The van der Waals surface area contributed by atoms with E-state index in [0.29, 0.717) is 4.48 Å². The van der Waals surface area contributed by atoms with Gasteiger partial charge in [0.2, 0.25) is 6.79 Å². The van der Waals surface area contributed by atoms with Gasteiger partial charge in [0, 0.05) is 12.0 Å². The second-order valence-corrected chi connectivity index (χ2v) is 10.3. The van der Waals surface area contributed by atoms with Crippen molar-refractivity contribution in [2.45, 2.75) is 97.1 Å². The SMILES string of the molecule is CCCCCCCCCCc1cccc(OCOC(=O)C(CCC)[N+](C)(C)Cc2ccccc2)c1. The lowest BCUT2D eigenvalue weighted by atomic mass is 10.0. The van der Waals surface area contributed by atoms with Crippen LogP contribution in [0.3, 0.4) is 0 Å². The fourth-order valence-electron chi connectivity index (χ4n) is 4.70. The summed E-state index contributed by atoms with van der Waals surface area (Å²) in [7, 11) is 4.20. The van der Waals surface area contributed by atoms with E-state index in [2.05, 4.69) is 52.2 Å². The van der Waals surface area contributed by atoms with Crippen LogP contribution in [0, 0.1) is 0 Å². The van der Waals surface area contributed by atoms with E-state index >= 15 is 0 Å². The normalized spacial score (nSPS) is 12.3. The van der Waals surface area contributed by atoms with Crippen molar-refractivity contribution in [3.63, 3.8) is 0 Å². The minimum absolute atomic E-state index is 0.0500. The van der Waals surface area contributed by atoms with Crippen LogP contribution in [0.2, 0.25) is 0 Å². The summed E-state index contributed by atoms with van der Waals surface area (Å²) in [6.07, 6.45) is 13.4. The van der Waals surface area contributed by atoms with Gasteiger partial charge in [0.15, 0.2) is 6.04 Å². The van der Waals surface area contributed by atoms with Crippen molar-refractivity contribution in [2.24, 2.45) is 0 Å². The molecule has 2 aromatic carbocycles. The zero-order valence-electron chi connectivity index (χ0n) is 22.6. The van der Waals surface area contributed by atoms with Gasteiger partial charge in [0.05, 0.1) is 14.1 Å². The molecule has 0 amide bonds. The van der Waals surface area contributed by atoms with E-state index in [1.807, 2.05) is 30.3 Å². The standard InChI is InChI=1S/C31H48NO3/c1-5-7-8-9-10-11-12-14-19-27-22-17-23-29(24-27)34-26-35-31(33)30(18-6-2)32(3,4)25-28-20-15-13-16-21-28/h13,15-17,20-24,30H,5-12,14,18-19,25-26H2,1-4H3/q+1. The van der Waals surface area contributed by atoms with Gasteiger partial charge in [-0.25, -0.2) is 4.79 Å². The van der Waals surface area contributed by atoms with Gasteiger partial charge in [-0.2, -0.15) is 0 Å². The van der Waals surface area contributed by atoms with Gasteiger partial charge in [0.1, 0.15) is 12.3 Å². The van der Waals surface area contributed by atoms with Gasteiger partial charge in [-0.1, -0.05) is 101 Å². The largest absolute Gasteiger partial charge is 0.457 e. The van der Waals surface area contributed by atoms with Gasteiger partial charge < -0.3 is 14.0 Å². The molecule has 0 bridgehead atoms. The van der Waals surface area contributed by atoms with E-state index in [4.69, 9.17) is 9.47 Å². The number of hydrogen-bond donors (Lipinski definition) is 0. The third-order valence-electron chi connectivity index (χ3n) is 6.76. The van der Waals surface area contributed by atoms with Gasteiger partial charge in [-0.15, -0.1) is 0 Å². The topological polar surface area (TPSA) is 35.5 Å². The Morgan fingerprint density at radius 3 is 2.14 bits per heavy atom. The summed E-state index contributed by atoms with van der Waals surface area (Å²) < 4.78 is 12.0. The third kappa shape index (κ3) is 11.3. The number of unbranched alkanes of at least 4 members (excludes halogenated alkanes) is 7. The molecule has 0 fully saturated rings. The minimum atomic E-state index is -0.225. The predicted octanol–water partition coefficient (Wildman–Crippen LogP) is 7.69. The highest BCUT2D eigenvalue weighted by molar-refractivity contribution is 5.74. The van der Waals surface area contributed by atoms with Crippen LogP contribution in [0.4, 0.5) is 0 Å². The maximum absolute atomic E-state index is 13.0. The molecule has 0 spiro atoms. The summed E-state index contributed by atoms with van der Waals surface area (Å²) in [6.45, 7) is 5.10. The maximum atomic E-state index is 13.0. The Bertz CT molecular complexity index is 834. The fraction of sp³-hybridized carbons (Fsp3) is 0.581. The number of benzene rings is 2. The van der Waals surface area contributed by atoms with Crippen molar-refractivity contribution in [3.05, 3.63) is 65.7 Å². The van der Waals surface area contributed by atoms with E-state index in [-0.39, 0.29) is 18.8 Å². The molecular weight excluding hydrogens is 434 g/mol. The summed E-state index contributed by atoms with van der Waals surface area (Å²) >= 11 is 0. The zero-order chi connectivity index (χ0) is 25.4. The van der Waals surface area contributed by atoms with Crippen molar-refractivity contribution in [2.75, 3.05) is 20.9 Å². The molecule has 35 heavy (non-hydrogen) atoms. The summed E-state index contributed by atoms with van der Waals surface area (Å²) in [5, 5.41) is 0. The lowest BCUT2D eigenvalue weighted by Crippen LogP contribution is -2.53. The number of ether oxygens (including phenoxy) is 2. The first-order valence-electron chi connectivity index (χ1n) is 13.7. The Balaban J connectivity index is 1.77. The molecule has 1 atom stereocenters. The highest BCUT2D eigenvalue weighted by Crippen LogP contribution is 2.20. The first kappa shape index (κ1) is 28.9. The molecular formula is C31H48NO3+. The first-order valence-corrected chi connectivity index (χ1v) is 13.7. The van der Waals surface area contributed by atoms with Crippen molar-refractivity contribution in [1.82, 2.24) is 0 Å². The Kier molecular flexibility index (Phi) is 13.5. The lowest BCUT2D eigenvalue weighted by molar-refractivity contribution is -0.920. The van der Waals surface area contributed by atoms with Crippen molar-refractivity contribution in [1.29, 1.82) is 0 Å². The molecule has 0 aromatic heterocycles. The number of esters is 1. The summed E-state index contributed by atoms with van der Waals surface area (Å²) in [4.78, 5) is 13.0. The fourth-order valence-corrected chi connectivity index (χ4v) is 4.70. The summed E-state index contributed by atoms with van der Waals surface area (Å²) in [5.41, 5.74) is 2.50. The smallest absolute Gasteiger partial charge is 0.367 e. The number of nitrogens with zero attached hydrogens (tertiary/aromatic N) is 1. The third-order valence-corrected chi connectivity index (χ3v) is 6.76. The Hall–Kier alpha value is -2.33. The average molecular weight is 483 g/mol. The molecule has 0 aliphatic heterocycles. The average Bonchev–Trinajstić information content (AvgIpc) is 2.84. The Labute approximate surface area is 214 Å². The van der Waals surface area contributed by atoms with Gasteiger partial charge >= 0.3 is 5.97 Å². The molecule has 2 rings (SSSR count). The number of rotatable bonds is 18. The zero-order valence-corrected chi connectivity index (χ0v) is 22.6. The molecule has 194 valence electrons. The van der Waals surface area contributed by atoms with Crippen LogP contribution in [0.1, 0.15) is 89.2 Å². The molecule has 0 saturated carbocycles. The van der Waals surface area contributed by atoms with Crippen molar-refractivity contribution in [3.8, 4) is 5.75 Å². The Morgan fingerprint density at radius 2 is 1.46 bits per heavy atom. The molecule has 0 aliphatic carbocycles. The van der Waals surface area contributed by atoms with E-state index in [9.17, 15) is 4.79 Å². The molecule has 2 aromatic rings. The minimum Gasteiger partial charge on any atom is -0.457 e. The van der Waals surface area contributed by atoms with Crippen LogP contribution >= 0.6 is 0 Å². The molecule has 4 heteroatoms. The van der Waals surface area contributed by atoms with Crippen LogP contribution in [0.5, 0.6) is 5.75 Å². The quantitative estimate of drug-likeness (QED) is 0.0945. The van der Waals surface area contributed by atoms with Crippen molar-refractivity contribution >= 4 is 5.97 Å². The number of quaternary nitrogens is 1. The van der Waals surface area contributed by atoms with Crippen LogP contribution in [0.15, 0.2) is 54.6 Å². The number of aryl methyl sites for hydroxylation is 1. The Morgan fingerprint density at radius 1 is 0.800 bits per heavy atom. The molecule has 0 radical (unpaired) electrons. The number of carbonyl (C=O) groups excluding carboxylic acids is 1. The highest BCUT2D eigenvalue weighted by Gasteiger charge is 2.35. The summed E-state index contributed by atoms with van der Waals surface area (Å²) in [5.74, 6) is 0.572. The summed E-state index contributed by atoms with van der Waals surface area (Å²) in [6, 6.07) is 18.3. The van der Waals surface area contributed by atoms with Crippen LogP contribution in [-0.4, -0.2) is 37.4 Å². The molecule has 1 unspecified atom stereocenters. The van der Waals surface area contributed by atoms with Crippen LogP contribution in [0.25, 0.3) is 0 Å². The first-order chi connectivity index (χ1) is 17.0. The molecule has 0 aliphatic rings. The number of likely N-dealkylation sites (N-methyl/N-ethyl adjacent to an activating group) is 1. The molecule has 0 heterocycles. The molecule has 4 nitrogen and oxygen atoms in total. The van der Waals surface area contributed by atoms with E-state index in [1.165, 1.54) is 62.5 Å². The molecule has 0 N–H and O–H groups in total. The van der Waals surface area contributed by atoms with E-state index < -0.39 is 0 Å². The number of carbonyl (C=O) groups is 1. The van der Waals surface area contributed by atoms with Crippen LogP contribution < -0.4 is 4.74 Å². The van der Waals surface area contributed by atoms with E-state index in [1.54, 1.807) is 0 Å². The van der Waals surface area contributed by atoms with Gasteiger partial charge in [-0.3, -0.25) is 0 Å². The maximum Gasteiger partial charge on any atom is 0.367 e. The monoisotopic (exact) mass is 482 g/mol. The highest BCUT2D eigenvalue weighted by atomic mass is 16.7. The number of hydrogen-bond acceptors (Lipinski definition) is 3. The van der Waals surface area contributed by atoms with Crippen molar-refractivity contribution < 1.29 is 18.8 Å². The second kappa shape index (κ2) is 16.4. The van der Waals surface area contributed by atoms with Gasteiger partial charge in [-0.05, 0) is 37.0 Å². The lowest BCUT2D eigenvalue weighted by Gasteiger charge is -2.36. The van der Waals surface area contributed by atoms with E-state index in [0.717, 1.165) is 31.6 Å².